The number of aryl methyl sites for hydroxylation is 1. The highest BCUT2D eigenvalue weighted by Gasteiger charge is 2.42. The number of fused-ring (bicyclic) bond motifs is 1. The third-order valence-corrected chi connectivity index (χ3v) is 15.8. The van der Waals surface area contributed by atoms with Crippen molar-refractivity contribution in [3.63, 3.8) is 0 Å². The number of ether oxygens (including phenoxy) is 2. The Labute approximate surface area is 335 Å². The van der Waals surface area contributed by atoms with E-state index in [2.05, 4.69) is 41.3 Å². The minimum atomic E-state index is -3.73. The topological polar surface area (TPSA) is 201 Å². The maximum absolute atomic E-state index is 13.2. The second-order valence-corrected chi connectivity index (χ2v) is 19.9. The van der Waals surface area contributed by atoms with Crippen molar-refractivity contribution in [3.8, 4) is 0 Å². The van der Waals surface area contributed by atoms with E-state index in [-0.39, 0.29) is 34.6 Å². The number of thiol groups is 2. The molecule has 2 aromatic rings. The Balaban J connectivity index is 1.22. The zero-order valence-corrected chi connectivity index (χ0v) is 35.3. The van der Waals surface area contributed by atoms with E-state index >= 15 is 0 Å². The predicted octanol–water partition coefficient (Wildman–Crippen LogP) is 4.00. The van der Waals surface area contributed by atoms with Gasteiger partial charge in [-0.25, -0.2) is 28.8 Å². The molecule has 55 heavy (non-hydrogen) atoms. The van der Waals surface area contributed by atoms with Gasteiger partial charge in [-0.3, -0.25) is 9.59 Å². The highest BCUT2D eigenvalue weighted by atomic mass is 32.2. The van der Waals surface area contributed by atoms with E-state index in [1.807, 2.05) is 25.1 Å². The van der Waals surface area contributed by atoms with Crippen molar-refractivity contribution >= 4 is 62.4 Å². The molecule has 16 heteroatoms. The molecule has 6 unspecified atom stereocenters. The van der Waals surface area contributed by atoms with Crippen LogP contribution < -0.4 is 26.8 Å². The average molecular weight is 826 g/mol. The fraction of sp³-hybridized carbons (Fsp3) is 0.667. The van der Waals surface area contributed by atoms with E-state index < -0.39 is 63.1 Å². The molecule has 2 aliphatic rings. The number of benzene rings is 2. The normalized spacial score (nSPS) is 24.5. The Bertz CT molecular complexity index is 1680. The first-order valence-corrected chi connectivity index (χ1v) is 23.3. The van der Waals surface area contributed by atoms with Gasteiger partial charge in [-0.1, -0.05) is 69.7 Å². The van der Waals surface area contributed by atoms with Gasteiger partial charge in [0.05, 0.1) is 16.9 Å². The van der Waals surface area contributed by atoms with Crippen molar-refractivity contribution in [3.05, 3.63) is 42.0 Å². The average Bonchev–Trinajstić information content (AvgIpc) is 3.16. The number of nitrogens with two attached hydrogens (primary N) is 2. The number of rotatable bonds is 20. The molecule has 310 valence electrons. The van der Waals surface area contributed by atoms with Crippen molar-refractivity contribution in [1.82, 2.24) is 15.4 Å². The molecular weight excluding hydrogens is 763 g/mol. The van der Waals surface area contributed by atoms with Crippen LogP contribution in [0.3, 0.4) is 0 Å². The summed E-state index contributed by atoms with van der Waals surface area (Å²) in [4.78, 5) is 37.9. The summed E-state index contributed by atoms with van der Waals surface area (Å²) in [6, 6.07) is 9.35. The zero-order valence-electron chi connectivity index (χ0n) is 32.7. The van der Waals surface area contributed by atoms with Gasteiger partial charge in [0.2, 0.25) is 10.0 Å². The maximum Gasteiger partial charge on any atom is 0.328 e. The van der Waals surface area contributed by atoms with Crippen LogP contribution in [-0.2, 0) is 44.5 Å². The molecular formula is C39H63N5O8S3. The molecule has 0 bridgehead atoms. The van der Waals surface area contributed by atoms with Gasteiger partial charge in [0.15, 0.2) is 12.2 Å². The van der Waals surface area contributed by atoms with Crippen LogP contribution in [-0.4, -0.2) is 92.7 Å². The second-order valence-electron chi connectivity index (χ2n) is 14.9. The lowest BCUT2D eigenvalue weighted by atomic mass is 9.84. The van der Waals surface area contributed by atoms with Gasteiger partial charge in [-0.15, -0.1) is 0 Å². The first-order valence-electron chi connectivity index (χ1n) is 19.8. The van der Waals surface area contributed by atoms with E-state index in [0.717, 1.165) is 54.2 Å². The Morgan fingerprint density at radius 2 is 1.78 bits per heavy atom. The van der Waals surface area contributed by atoms with Gasteiger partial charge in [-0.2, -0.15) is 0 Å². The molecule has 4 rings (SSSR count). The highest BCUT2D eigenvalue weighted by molar-refractivity contribution is 8.18. The maximum atomic E-state index is 13.2. The third-order valence-electron chi connectivity index (χ3n) is 10.9. The van der Waals surface area contributed by atoms with Gasteiger partial charge in [0.1, 0.15) is 6.04 Å². The van der Waals surface area contributed by atoms with Crippen LogP contribution in [0.1, 0.15) is 91.0 Å². The molecule has 0 aromatic heterocycles. The summed E-state index contributed by atoms with van der Waals surface area (Å²) >= 11 is 3.91. The van der Waals surface area contributed by atoms with Crippen molar-refractivity contribution in [2.45, 2.75) is 138 Å². The molecule has 7 N–H and O–H groups in total. The molecule has 2 amide bonds. The summed E-state index contributed by atoms with van der Waals surface area (Å²) in [6.45, 7) is 8.25. The van der Waals surface area contributed by atoms with E-state index in [4.69, 9.17) is 25.1 Å². The van der Waals surface area contributed by atoms with Gasteiger partial charge in [-0.05, 0) is 99.5 Å². The number of carbonyl (C=O) groups is 3. The molecule has 13 nitrogen and oxygen atoms in total. The van der Waals surface area contributed by atoms with Crippen LogP contribution in [0, 0.1) is 5.92 Å². The quantitative estimate of drug-likeness (QED) is 0.0443. The van der Waals surface area contributed by atoms with Gasteiger partial charge in [0, 0.05) is 30.4 Å². The van der Waals surface area contributed by atoms with E-state index in [0.29, 0.717) is 25.3 Å². The summed E-state index contributed by atoms with van der Waals surface area (Å²) < 4.78 is 45.4. The van der Waals surface area contributed by atoms with Crippen LogP contribution >= 0.6 is 23.8 Å². The van der Waals surface area contributed by atoms with Gasteiger partial charge < -0.3 is 35.8 Å². The molecule has 8 atom stereocenters. The number of hydrogen-bond donors (Lipinski definition) is 7. The number of nitrogens with one attached hydrogen (secondary N) is 3. The fourth-order valence-corrected chi connectivity index (χ4v) is 11.9. The number of esters is 1. The van der Waals surface area contributed by atoms with E-state index in [1.165, 1.54) is 19.3 Å². The lowest BCUT2D eigenvalue weighted by Gasteiger charge is -2.45. The van der Waals surface area contributed by atoms with Crippen molar-refractivity contribution in [2.75, 3.05) is 25.4 Å². The largest absolute Gasteiger partial charge is 0.464 e. The SMILES string of the molecule is CCOC(=O)[C@@H](C)NC(=O)C1OC(C)[SH](CCc2cccc3cc(S(=O)(=O)NCCCCCNC(=O)C(OS)C(N)CC4CCCCC4)ccc23)C(C)[C@@H]1N. The van der Waals surface area contributed by atoms with Crippen molar-refractivity contribution in [1.29, 1.82) is 0 Å². The molecule has 1 aliphatic carbocycles. The van der Waals surface area contributed by atoms with Crippen LogP contribution in [0.2, 0.25) is 0 Å². The molecule has 1 heterocycles. The van der Waals surface area contributed by atoms with Crippen molar-refractivity contribution < 1.29 is 36.5 Å². The summed E-state index contributed by atoms with van der Waals surface area (Å²) in [5.41, 5.74) is 13.8. The highest BCUT2D eigenvalue weighted by Crippen LogP contribution is 2.45. The summed E-state index contributed by atoms with van der Waals surface area (Å²) in [6.07, 6.45) is 7.80. The Morgan fingerprint density at radius 1 is 1.05 bits per heavy atom. The predicted molar refractivity (Wildman–Crippen MR) is 223 cm³/mol. The standard InChI is InChI=1S/C39H63N5O8S3/c1-5-50-39(47)25(2)44-38(46)36-34(41)26(3)54(27(4)51-36)22-19-29-15-12-16-30-24-31(17-18-32(29)30)55(48,49)43-21-11-7-10-20-42-37(45)35(52-53)33(40)23-28-13-8-6-9-14-28/h12,15-18,24-28,33-36,43,53-54H,5-11,13-14,19-23,40-41H2,1-4H3,(H,42,45)(H,44,46)/t25-,26?,27?,33?,34+,35?,36?/m1/s1. The molecule has 1 saturated carbocycles. The molecule has 1 aliphatic heterocycles. The van der Waals surface area contributed by atoms with Crippen LogP contribution in [0.25, 0.3) is 10.8 Å². The Morgan fingerprint density at radius 3 is 2.49 bits per heavy atom. The van der Waals surface area contributed by atoms with E-state index in [9.17, 15) is 22.8 Å². The fourth-order valence-electron chi connectivity index (χ4n) is 7.67. The zero-order chi connectivity index (χ0) is 40.1. The van der Waals surface area contributed by atoms with E-state index in [1.54, 1.807) is 26.0 Å². The smallest absolute Gasteiger partial charge is 0.328 e. The van der Waals surface area contributed by atoms with Crippen LogP contribution in [0.5, 0.6) is 0 Å². The minimum absolute atomic E-state index is 0.0311. The Kier molecular flexibility index (Phi) is 18.0. The summed E-state index contributed by atoms with van der Waals surface area (Å²) in [5.74, 6) is 0.147. The number of carbonyl (C=O) groups excluding carboxylic acids is 3. The Hall–Kier alpha value is -2.44. The monoisotopic (exact) mass is 825 g/mol. The lowest BCUT2D eigenvalue weighted by molar-refractivity contribution is -0.149. The second kappa shape index (κ2) is 21.9. The molecule has 0 spiro atoms. The molecule has 2 fully saturated rings. The van der Waals surface area contributed by atoms with Crippen LogP contribution in [0.15, 0.2) is 41.3 Å². The number of amides is 2. The molecule has 1 saturated heterocycles. The summed E-state index contributed by atoms with van der Waals surface area (Å²) in [5, 5.41) is 7.40. The third kappa shape index (κ3) is 12.8. The number of hydrogen-bond acceptors (Lipinski definition) is 11. The number of sulfonamides is 1. The minimum Gasteiger partial charge on any atom is -0.464 e. The van der Waals surface area contributed by atoms with Crippen LogP contribution in [0.4, 0.5) is 0 Å². The van der Waals surface area contributed by atoms with Gasteiger partial charge in [0.25, 0.3) is 11.8 Å². The van der Waals surface area contributed by atoms with Crippen molar-refractivity contribution in [2.24, 2.45) is 17.4 Å². The summed E-state index contributed by atoms with van der Waals surface area (Å²) in [7, 11) is -4.44. The molecule has 2 aromatic carbocycles. The van der Waals surface area contributed by atoms with Gasteiger partial charge >= 0.3 is 5.97 Å². The molecule has 0 radical (unpaired) electrons. The first kappa shape index (κ1) is 45.3. The lowest BCUT2D eigenvalue weighted by Crippen LogP contribution is -2.59. The first-order chi connectivity index (χ1) is 26.3. The number of unbranched alkanes of at least 4 members (excludes halogenated alkanes) is 2.